The third-order valence-corrected chi connectivity index (χ3v) is 3.91. The number of amides is 2. The smallest absolute Gasteiger partial charge is 0.262 e. The van der Waals surface area contributed by atoms with Gasteiger partial charge >= 0.3 is 0 Å². The molecule has 148 valence electrons. The second-order valence-electron chi connectivity index (χ2n) is 6.19. The van der Waals surface area contributed by atoms with Gasteiger partial charge in [-0.25, -0.2) is 8.78 Å². The molecule has 5 nitrogen and oxygen atoms in total. The summed E-state index contributed by atoms with van der Waals surface area (Å²) < 4.78 is 31.7. The molecule has 2 amide bonds. The van der Waals surface area contributed by atoms with E-state index >= 15 is 0 Å². The van der Waals surface area contributed by atoms with Gasteiger partial charge in [0.15, 0.2) is 6.61 Å². The van der Waals surface area contributed by atoms with Crippen molar-refractivity contribution in [2.24, 2.45) is 0 Å². The van der Waals surface area contributed by atoms with Crippen molar-refractivity contribution < 1.29 is 23.1 Å². The van der Waals surface area contributed by atoms with Crippen LogP contribution in [0.5, 0.6) is 5.75 Å². The SMILES string of the molecule is O=C(COc1cccc(C(=O)NCc2ccccc2)c1)Nc1cc(F)cc(F)c1. The summed E-state index contributed by atoms with van der Waals surface area (Å²) >= 11 is 0. The number of ether oxygens (including phenoxy) is 1. The summed E-state index contributed by atoms with van der Waals surface area (Å²) in [6.07, 6.45) is 0. The van der Waals surface area contributed by atoms with Crippen molar-refractivity contribution in [2.75, 3.05) is 11.9 Å². The Bertz CT molecular complexity index is 990. The number of rotatable bonds is 7. The van der Waals surface area contributed by atoms with E-state index in [1.165, 1.54) is 6.07 Å². The summed E-state index contributed by atoms with van der Waals surface area (Å²) in [6, 6.07) is 18.6. The molecule has 29 heavy (non-hydrogen) atoms. The number of halogens is 2. The fourth-order valence-electron chi connectivity index (χ4n) is 2.58. The average Bonchev–Trinajstić information content (AvgIpc) is 2.71. The van der Waals surface area contributed by atoms with Crippen LogP contribution in [0.1, 0.15) is 15.9 Å². The zero-order valence-electron chi connectivity index (χ0n) is 15.3. The van der Waals surface area contributed by atoms with E-state index in [0.717, 1.165) is 17.7 Å². The Morgan fingerprint density at radius 1 is 0.862 bits per heavy atom. The number of hydrogen-bond donors (Lipinski definition) is 2. The summed E-state index contributed by atoms with van der Waals surface area (Å²) in [6.45, 7) is 0.00454. The van der Waals surface area contributed by atoms with Crippen LogP contribution >= 0.6 is 0 Å². The Labute approximate surface area is 166 Å². The lowest BCUT2D eigenvalue weighted by atomic mass is 10.2. The molecule has 7 heteroatoms. The summed E-state index contributed by atoms with van der Waals surface area (Å²) in [7, 11) is 0. The van der Waals surface area contributed by atoms with Gasteiger partial charge in [0.1, 0.15) is 17.4 Å². The third-order valence-electron chi connectivity index (χ3n) is 3.91. The first-order valence-electron chi connectivity index (χ1n) is 8.80. The van der Waals surface area contributed by atoms with Crippen LogP contribution in [0.3, 0.4) is 0 Å². The van der Waals surface area contributed by atoms with Crippen molar-refractivity contribution in [2.45, 2.75) is 6.54 Å². The molecule has 2 N–H and O–H groups in total. The van der Waals surface area contributed by atoms with Crippen molar-refractivity contribution >= 4 is 17.5 Å². The molecule has 0 radical (unpaired) electrons. The summed E-state index contributed by atoms with van der Waals surface area (Å²) in [5.74, 6) is -2.14. The number of hydrogen-bond acceptors (Lipinski definition) is 3. The van der Waals surface area contributed by atoms with Gasteiger partial charge in [-0.3, -0.25) is 9.59 Å². The van der Waals surface area contributed by atoms with Gasteiger partial charge in [0.2, 0.25) is 0 Å². The highest BCUT2D eigenvalue weighted by atomic mass is 19.1. The third kappa shape index (κ3) is 6.14. The van der Waals surface area contributed by atoms with Crippen molar-refractivity contribution in [3.8, 4) is 5.75 Å². The second kappa shape index (κ2) is 9.45. The lowest BCUT2D eigenvalue weighted by Gasteiger charge is -2.10. The Kier molecular flexibility index (Phi) is 6.52. The predicted molar refractivity (Wildman–Crippen MR) is 105 cm³/mol. The number of carbonyl (C=O) groups excluding carboxylic acids is 2. The minimum atomic E-state index is -0.796. The molecule has 0 heterocycles. The standard InChI is InChI=1S/C22H18F2N2O3/c23-17-10-18(24)12-19(11-17)26-21(27)14-29-20-8-4-7-16(9-20)22(28)25-13-15-5-2-1-3-6-15/h1-12H,13-14H2,(H,25,28)(H,26,27). The lowest BCUT2D eigenvalue weighted by molar-refractivity contribution is -0.118. The van der Waals surface area contributed by atoms with E-state index in [2.05, 4.69) is 10.6 Å². The van der Waals surface area contributed by atoms with Crippen molar-refractivity contribution in [3.05, 3.63) is 95.6 Å². The van der Waals surface area contributed by atoms with Gasteiger partial charge < -0.3 is 15.4 Å². The van der Waals surface area contributed by atoms with Crippen molar-refractivity contribution in [1.29, 1.82) is 0 Å². The van der Waals surface area contributed by atoms with E-state index in [9.17, 15) is 18.4 Å². The Balaban J connectivity index is 1.53. The normalized spacial score (nSPS) is 10.3. The van der Waals surface area contributed by atoms with Crippen LogP contribution in [0, 0.1) is 11.6 Å². The molecule has 3 aromatic carbocycles. The van der Waals surface area contributed by atoms with Crippen LogP contribution in [0.25, 0.3) is 0 Å². The molecule has 0 fully saturated rings. The number of nitrogens with one attached hydrogen (secondary N) is 2. The molecule has 0 aromatic heterocycles. The van der Waals surface area contributed by atoms with Crippen LogP contribution in [0.4, 0.5) is 14.5 Å². The van der Waals surface area contributed by atoms with E-state index in [1.807, 2.05) is 30.3 Å². The summed E-state index contributed by atoms with van der Waals surface area (Å²) in [4.78, 5) is 24.2. The van der Waals surface area contributed by atoms with Gasteiger partial charge in [0.25, 0.3) is 11.8 Å². The van der Waals surface area contributed by atoms with Gasteiger partial charge in [-0.05, 0) is 35.9 Å². The molecule has 0 bridgehead atoms. The zero-order chi connectivity index (χ0) is 20.6. The number of anilines is 1. The van der Waals surface area contributed by atoms with E-state index in [-0.39, 0.29) is 18.2 Å². The molecule has 0 unspecified atom stereocenters. The second-order valence-corrected chi connectivity index (χ2v) is 6.19. The highest BCUT2D eigenvalue weighted by Crippen LogP contribution is 2.15. The molecule has 0 saturated carbocycles. The topological polar surface area (TPSA) is 67.4 Å². The first kappa shape index (κ1) is 20.0. The molecule has 0 aliphatic rings. The van der Waals surface area contributed by atoms with Crippen molar-refractivity contribution in [1.82, 2.24) is 5.32 Å². The van der Waals surface area contributed by atoms with E-state index in [4.69, 9.17) is 4.74 Å². The monoisotopic (exact) mass is 396 g/mol. The van der Waals surface area contributed by atoms with Gasteiger partial charge in [0, 0.05) is 23.9 Å². The maximum absolute atomic E-state index is 13.2. The quantitative estimate of drug-likeness (QED) is 0.636. The highest BCUT2D eigenvalue weighted by molar-refractivity contribution is 5.94. The Hall–Kier alpha value is -3.74. The first-order valence-corrected chi connectivity index (χ1v) is 8.80. The Morgan fingerprint density at radius 2 is 1.59 bits per heavy atom. The van der Waals surface area contributed by atoms with Crippen LogP contribution in [-0.4, -0.2) is 18.4 Å². The lowest BCUT2D eigenvalue weighted by Crippen LogP contribution is -2.23. The molecule has 3 rings (SSSR count). The van der Waals surface area contributed by atoms with Crippen LogP contribution in [-0.2, 0) is 11.3 Å². The minimum absolute atomic E-state index is 0.00913. The maximum Gasteiger partial charge on any atom is 0.262 e. The van der Waals surface area contributed by atoms with Gasteiger partial charge in [-0.2, -0.15) is 0 Å². The molecular weight excluding hydrogens is 378 g/mol. The molecule has 0 atom stereocenters. The Morgan fingerprint density at radius 3 is 2.31 bits per heavy atom. The number of carbonyl (C=O) groups is 2. The van der Waals surface area contributed by atoms with E-state index in [0.29, 0.717) is 23.9 Å². The molecule has 0 aliphatic heterocycles. The largest absolute Gasteiger partial charge is 0.484 e. The summed E-state index contributed by atoms with van der Waals surface area (Å²) in [5, 5.41) is 5.15. The van der Waals surface area contributed by atoms with Crippen molar-refractivity contribution in [3.63, 3.8) is 0 Å². The van der Waals surface area contributed by atoms with Gasteiger partial charge in [-0.1, -0.05) is 36.4 Å². The van der Waals surface area contributed by atoms with Crippen LogP contribution in [0.15, 0.2) is 72.8 Å². The number of benzene rings is 3. The molecular formula is C22H18F2N2O3. The highest BCUT2D eigenvalue weighted by Gasteiger charge is 2.09. The molecule has 3 aromatic rings. The maximum atomic E-state index is 13.2. The van der Waals surface area contributed by atoms with E-state index < -0.39 is 17.5 Å². The minimum Gasteiger partial charge on any atom is -0.484 e. The fourth-order valence-corrected chi connectivity index (χ4v) is 2.58. The molecule has 0 spiro atoms. The zero-order valence-corrected chi connectivity index (χ0v) is 15.3. The van der Waals surface area contributed by atoms with Crippen LogP contribution < -0.4 is 15.4 Å². The summed E-state index contributed by atoms with van der Waals surface area (Å²) in [5.41, 5.74) is 1.34. The fraction of sp³-hybridized carbons (Fsp3) is 0.0909. The van der Waals surface area contributed by atoms with Crippen LogP contribution in [0.2, 0.25) is 0 Å². The molecule has 0 saturated heterocycles. The average molecular weight is 396 g/mol. The van der Waals surface area contributed by atoms with Gasteiger partial charge in [-0.15, -0.1) is 0 Å². The predicted octanol–water partition coefficient (Wildman–Crippen LogP) is 3.91. The van der Waals surface area contributed by atoms with E-state index in [1.54, 1.807) is 18.2 Å². The molecule has 0 aliphatic carbocycles. The van der Waals surface area contributed by atoms with Gasteiger partial charge in [0.05, 0.1) is 0 Å². The first-order chi connectivity index (χ1) is 14.0.